The van der Waals surface area contributed by atoms with Crippen LogP contribution in [0.2, 0.25) is 0 Å². The van der Waals surface area contributed by atoms with Crippen LogP contribution < -0.4 is 0 Å². The van der Waals surface area contributed by atoms with Crippen molar-refractivity contribution in [2.24, 2.45) is 5.92 Å². The van der Waals surface area contributed by atoms with Crippen molar-refractivity contribution >= 4 is 41.7 Å². The van der Waals surface area contributed by atoms with Gasteiger partial charge < -0.3 is 9.69 Å². The summed E-state index contributed by atoms with van der Waals surface area (Å²) in [6.07, 6.45) is 4.36. The highest BCUT2D eigenvalue weighted by Crippen LogP contribution is 2.30. The van der Waals surface area contributed by atoms with Gasteiger partial charge in [0.15, 0.2) is 5.12 Å². The van der Waals surface area contributed by atoms with Gasteiger partial charge in [-0.25, -0.2) is 0 Å². The standard InChI is InChI=1S/C15H25NO3S2/c1-11(2)10-21-13-8-14(18)16(12(13)9-17)7-5-3-4-6-15(19)20/h9,11-13H,3-8,10H2,1-2H3,(H,19,20). The van der Waals surface area contributed by atoms with Crippen molar-refractivity contribution in [3.8, 4) is 0 Å². The number of amides is 1. The smallest absolute Gasteiger partial charge is 0.224 e. The molecular weight excluding hydrogens is 306 g/mol. The Kier molecular flexibility index (Phi) is 8.41. The van der Waals surface area contributed by atoms with E-state index in [2.05, 4.69) is 26.5 Å². The fourth-order valence-corrected chi connectivity index (χ4v) is 3.88. The number of thiol groups is 1. The Labute approximate surface area is 136 Å². The molecule has 0 aromatic heterocycles. The van der Waals surface area contributed by atoms with Crippen LogP contribution in [0.15, 0.2) is 0 Å². The zero-order valence-corrected chi connectivity index (χ0v) is 14.5. The number of thioether (sulfide) groups is 1. The molecule has 1 aliphatic rings. The van der Waals surface area contributed by atoms with Crippen LogP contribution in [-0.4, -0.2) is 45.8 Å². The Morgan fingerprint density at radius 3 is 2.71 bits per heavy atom. The van der Waals surface area contributed by atoms with Crippen molar-refractivity contribution in [2.45, 2.75) is 57.2 Å². The molecule has 6 heteroatoms. The molecule has 0 spiro atoms. The first-order valence-electron chi connectivity index (χ1n) is 7.53. The minimum Gasteiger partial charge on any atom is -0.332 e. The lowest BCUT2D eigenvalue weighted by atomic mass is 10.2. The summed E-state index contributed by atoms with van der Waals surface area (Å²) >= 11 is 5.46. The molecular formula is C15H25NO3S2. The van der Waals surface area contributed by atoms with E-state index in [-0.39, 0.29) is 22.3 Å². The van der Waals surface area contributed by atoms with Crippen molar-refractivity contribution in [2.75, 3.05) is 12.3 Å². The molecule has 120 valence electrons. The number of carbonyl (C=O) groups is 3. The summed E-state index contributed by atoms with van der Waals surface area (Å²) in [6, 6.07) is -0.284. The fourth-order valence-electron chi connectivity index (χ4n) is 2.42. The van der Waals surface area contributed by atoms with Crippen LogP contribution in [0, 0.1) is 5.92 Å². The Morgan fingerprint density at radius 2 is 2.14 bits per heavy atom. The first-order valence-corrected chi connectivity index (χ1v) is 9.03. The van der Waals surface area contributed by atoms with E-state index in [1.54, 1.807) is 16.7 Å². The average Bonchev–Trinajstić information content (AvgIpc) is 2.71. The van der Waals surface area contributed by atoms with Gasteiger partial charge >= 0.3 is 0 Å². The predicted molar refractivity (Wildman–Crippen MR) is 89.7 cm³/mol. The third-order valence-electron chi connectivity index (χ3n) is 3.51. The average molecular weight is 332 g/mol. The Balaban J connectivity index is 2.40. The first-order chi connectivity index (χ1) is 9.95. The van der Waals surface area contributed by atoms with E-state index >= 15 is 0 Å². The normalized spacial score (nSPS) is 22.1. The van der Waals surface area contributed by atoms with Gasteiger partial charge in [0.25, 0.3) is 0 Å². The number of aldehydes is 1. The van der Waals surface area contributed by atoms with Crippen LogP contribution >= 0.6 is 24.4 Å². The molecule has 1 fully saturated rings. The summed E-state index contributed by atoms with van der Waals surface area (Å²) in [5.74, 6) is 1.61. The molecule has 1 aliphatic heterocycles. The fraction of sp³-hybridized carbons (Fsp3) is 0.800. The van der Waals surface area contributed by atoms with E-state index in [1.165, 1.54) is 0 Å². The second-order valence-electron chi connectivity index (χ2n) is 5.89. The van der Waals surface area contributed by atoms with Crippen molar-refractivity contribution < 1.29 is 14.4 Å². The minimum atomic E-state index is -0.284. The summed E-state index contributed by atoms with van der Waals surface area (Å²) in [5, 5.41) is -0.000383. The molecule has 2 atom stereocenters. The van der Waals surface area contributed by atoms with Crippen LogP contribution in [-0.2, 0) is 14.4 Å². The molecule has 0 N–H and O–H groups in total. The number of hydrogen-bond donors (Lipinski definition) is 1. The van der Waals surface area contributed by atoms with Crippen LogP contribution in [0.5, 0.6) is 0 Å². The van der Waals surface area contributed by atoms with E-state index < -0.39 is 0 Å². The molecule has 0 radical (unpaired) electrons. The molecule has 1 heterocycles. The van der Waals surface area contributed by atoms with Gasteiger partial charge in [0, 0.05) is 24.6 Å². The molecule has 0 aromatic rings. The van der Waals surface area contributed by atoms with Crippen LogP contribution in [0.3, 0.4) is 0 Å². The first kappa shape index (κ1) is 18.6. The van der Waals surface area contributed by atoms with Gasteiger partial charge in [-0.3, -0.25) is 9.59 Å². The summed E-state index contributed by atoms with van der Waals surface area (Å²) in [6.45, 7) is 4.89. The van der Waals surface area contributed by atoms with Crippen molar-refractivity contribution in [3.63, 3.8) is 0 Å². The quantitative estimate of drug-likeness (QED) is 0.380. The van der Waals surface area contributed by atoms with E-state index in [4.69, 9.17) is 0 Å². The molecule has 0 aromatic carbocycles. The van der Waals surface area contributed by atoms with Gasteiger partial charge in [-0.1, -0.05) is 20.3 Å². The van der Waals surface area contributed by atoms with Gasteiger partial charge in [0.05, 0.1) is 6.04 Å². The topological polar surface area (TPSA) is 54.5 Å². The van der Waals surface area contributed by atoms with Gasteiger partial charge in [-0.15, -0.1) is 12.6 Å². The highest BCUT2D eigenvalue weighted by atomic mass is 32.2. The van der Waals surface area contributed by atoms with E-state index in [0.29, 0.717) is 25.3 Å². The molecule has 21 heavy (non-hydrogen) atoms. The van der Waals surface area contributed by atoms with Crippen LogP contribution in [0.4, 0.5) is 0 Å². The van der Waals surface area contributed by atoms with E-state index in [9.17, 15) is 14.4 Å². The van der Waals surface area contributed by atoms with E-state index in [1.807, 2.05) is 0 Å². The third kappa shape index (κ3) is 6.43. The Bertz CT molecular complexity index is 374. The van der Waals surface area contributed by atoms with E-state index in [0.717, 1.165) is 31.3 Å². The van der Waals surface area contributed by atoms with Crippen molar-refractivity contribution in [3.05, 3.63) is 0 Å². The number of hydrogen-bond acceptors (Lipinski definition) is 4. The lowest BCUT2D eigenvalue weighted by Crippen LogP contribution is -2.38. The summed E-state index contributed by atoms with van der Waals surface area (Å²) in [5.41, 5.74) is 0. The Hall–Kier alpha value is -0.490. The predicted octanol–water partition coefficient (Wildman–Crippen LogP) is 2.56. The lowest BCUT2D eigenvalue weighted by molar-refractivity contribution is -0.131. The highest BCUT2D eigenvalue weighted by molar-refractivity contribution is 8.00. The number of unbranched alkanes of at least 4 members (excludes halogenated alkanes) is 2. The molecule has 0 saturated carbocycles. The molecule has 0 aliphatic carbocycles. The number of carbonyl (C=O) groups excluding carboxylic acids is 3. The van der Waals surface area contributed by atoms with Gasteiger partial charge in [0.2, 0.25) is 5.91 Å². The maximum Gasteiger partial charge on any atom is 0.224 e. The maximum absolute atomic E-state index is 12.1. The molecule has 0 bridgehead atoms. The summed E-state index contributed by atoms with van der Waals surface area (Å²) in [7, 11) is 0. The largest absolute Gasteiger partial charge is 0.332 e. The van der Waals surface area contributed by atoms with Crippen LogP contribution in [0.1, 0.15) is 46.0 Å². The minimum absolute atomic E-state index is 0.0821. The molecule has 2 unspecified atom stereocenters. The van der Waals surface area contributed by atoms with Crippen LogP contribution in [0.25, 0.3) is 0 Å². The number of rotatable bonds is 10. The summed E-state index contributed by atoms with van der Waals surface area (Å²) < 4.78 is 0. The molecule has 4 nitrogen and oxygen atoms in total. The number of likely N-dealkylation sites (tertiary alicyclic amines) is 1. The third-order valence-corrected chi connectivity index (χ3v) is 5.47. The zero-order chi connectivity index (χ0) is 15.8. The SMILES string of the molecule is CC(C)CSC1CC(=O)N(CCCCCC(=O)S)C1C=O. The maximum atomic E-state index is 12.1. The zero-order valence-electron chi connectivity index (χ0n) is 12.8. The Morgan fingerprint density at radius 1 is 1.43 bits per heavy atom. The molecule has 1 amide bonds. The second kappa shape index (κ2) is 9.51. The van der Waals surface area contributed by atoms with Crippen molar-refractivity contribution in [1.82, 2.24) is 4.90 Å². The molecule has 1 saturated heterocycles. The lowest BCUT2D eigenvalue weighted by Gasteiger charge is -2.23. The molecule has 1 rings (SSSR count). The second-order valence-corrected chi connectivity index (χ2v) is 7.66. The van der Waals surface area contributed by atoms with Gasteiger partial charge in [0.1, 0.15) is 6.29 Å². The van der Waals surface area contributed by atoms with Crippen molar-refractivity contribution in [1.29, 1.82) is 0 Å². The van der Waals surface area contributed by atoms with Gasteiger partial charge in [-0.2, -0.15) is 11.8 Å². The summed E-state index contributed by atoms with van der Waals surface area (Å²) in [4.78, 5) is 35.8. The monoisotopic (exact) mass is 331 g/mol. The highest BCUT2D eigenvalue weighted by Gasteiger charge is 2.39. The number of nitrogens with zero attached hydrogens (tertiary/aromatic N) is 1. The van der Waals surface area contributed by atoms with Gasteiger partial charge in [-0.05, 0) is 24.5 Å².